The number of amides is 1. The van der Waals surface area contributed by atoms with E-state index in [1.807, 2.05) is 4.90 Å². The lowest BCUT2D eigenvalue weighted by atomic mass is 10.0. The van der Waals surface area contributed by atoms with Crippen molar-refractivity contribution < 1.29 is 33.7 Å². The van der Waals surface area contributed by atoms with Crippen molar-refractivity contribution in [2.24, 2.45) is 0 Å². The van der Waals surface area contributed by atoms with Gasteiger partial charge in [-0.25, -0.2) is 4.79 Å². The number of ether oxygens (including phenoxy) is 3. The number of likely N-dealkylation sites (tertiary alicyclic amines) is 1. The molecule has 1 aliphatic rings. The Morgan fingerprint density at radius 2 is 0.889 bits per heavy atom. The molecule has 9 heteroatoms. The second kappa shape index (κ2) is 38.0. The normalized spacial score (nSPS) is 13.8. The van der Waals surface area contributed by atoms with Gasteiger partial charge in [-0.1, -0.05) is 194 Å². The molecule has 0 aromatic carbocycles. The molecule has 1 unspecified atom stereocenters. The van der Waals surface area contributed by atoms with Gasteiger partial charge in [0.25, 0.3) is 0 Å². The highest BCUT2D eigenvalue weighted by Crippen LogP contribution is 2.16. The van der Waals surface area contributed by atoms with Gasteiger partial charge < -0.3 is 24.6 Å². The van der Waals surface area contributed by atoms with Crippen LogP contribution in [0, 0.1) is 0 Å². The van der Waals surface area contributed by atoms with Gasteiger partial charge in [0.1, 0.15) is 13.2 Å². The summed E-state index contributed by atoms with van der Waals surface area (Å²) in [4.78, 5) is 39.6. The number of carbonyl (C=O) groups excluding carboxylic acids is 3. The molecule has 1 rings (SSSR count). The molecule has 0 bridgehead atoms. The SMILES string of the molecule is CCCCCCCCCCCCCCCCCC(=O)OCC(COC(=O)NC1CN(CCO)C1)OC(=O)CCCCCCCCCCCCCCCCC. The second-order valence-corrected chi connectivity index (χ2v) is 16.1. The van der Waals surface area contributed by atoms with Gasteiger partial charge >= 0.3 is 18.0 Å². The number of hydrogen-bond donors (Lipinski definition) is 2. The van der Waals surface area contributed by atoms with Crippen LogP contribution in [0.1, 0.15) is 219 Å². The maximum atomic E-state index is 12.7. The van der Waals surface area contributed by atoms with E-state index in [-0.39, 0.29) is 37.8 Å². The Hall–Kier alpha value is -1.87. The van der Waals surface area contributed by atoms with Crippen molar-refractivity contribution in [3.8, 4) is 0 Å². The van der Waals surface area contributed by atoms with E-state index in [2.05, 4.69) is 19.2 Å². The van der Waals surface area contributed by atoms with Crippen molar-refractivity contribution >= 4 is 18.0 Å². The van der Waals surface area contributed by atoms with Crippen molar-refractivity contribution in [2.75, 3.05) is 39.5 Å². The largest absolute Gasteiger partial charge is 0.462 e. The quantitative estimate of drug-likeness (QED) is 0.0360. The summed E-state index contributed by atoms with van der Waals surface area (Å²) in [5, 5.41) is 11.9. The average molecular weight is 767 g/mol. The molecule has 0 aromatic rings. The molecule has 1 aliphatic heterocycles. The van der Waals surface area contributed by atoms with Crippen molar-refractivity contribution in [1.29, 1.82) is 0 Å². The minimum atomic E-state index is -0.836. The molecule has 54 heavy (non-hydrogen) atoms. The predicted molar refractivity (Wildman–Crippen MR) is 222 cm³/mol. The van der Waals surface area contributed by atoms with Crippen LogP contribution in [0.3, 0.4) is 0 Å². The average Bonchev–Trinajstić information content (AvgIpc) is 3.15. The van der Waals surface area contributed by atoms with Gasteiger partial charge in [-0.2, -0.15) is 0 Å². The third kappa shape index (κ3) is 32.4. The lowest BCUT2D eigenvalue weighted by Crippen LogP contribution is -2.59. The first kappa shape index (κ1) is 50.1. The van der Waals surface area contributed by atoms with Crippen LogP contribution < -0.4 is 5.32 Å². The maximum absolute atomic E-state index is 12.7. The molecule has 0 spiro atoms. The summed E-state index contributed by atoms with van der Waals surface area (Å²) >= 11 is 0. The van der Waals surface area contributed by atoms with Crippen LogP contribution in [0.2, 0.25) is 0 Å². The number of hydrogen-bond acceptors (Lipinski definition) is 8. The lowest BCUT2D eigenvalue weighted by molar-refractivity contribution is -0.161. The molecule has 0 radical (unpaired) electrons. The number of aliphatic hydroxyl groups excluding tert-OH is 1. The van der Waals surface area contributed by atoms with Gasteiger partial charge in [0.15, 0.2) is 6.10 Å². The maximum Gasteiger partial charge on any atom is 0.407 e. The Labute approximate surface area is 332 Å². The Morgan fingerprint density at radius 1 is 0.537 bits per heavy atom. The van der Waals surface area contributed by atoms with Gasteiger partial charge in [0.2, 0.25) is 0 Å². The van der Waals surface area contributed by atoms with Crippen molar-refractivity contribution in [3.63, 3.8) is 0 Å². The zero-order valence-corrected chi connectivity index (χ0v) is 35.4. The van der Waals surface area contributed by atoms with Gasteiger partial charge in [0.05, 0.1) is 12.6 Å². The molecule has 0 aromatic heterocycles. The monoisotopic (exact) mass is 767 g/mol. The summed E-state index contributed by atoms with van der Waals surface area (Å²) in [6.45, 7) is 6.22. The van der Waals surface area contributed by atoms with Crippen LogP contribution in [0.25, 0.3) is 0 Å². The Bertz CT molecular complexity index is 867. The van der Waals surface area contributed by atoms with Crippen LogP contribution in [0.4, 0.5) is 4.79 Å². The van der Waals surface area contributed by atoms with Crippen LogP contribution >= 0.6 is 0 Å². The first-order valence-corrected chi connectivity index (χ1v) is 23.1. The van der Waals surface area contributed by atoms with E-state index in [4.69, 9.17) is 19.3 Å². The van der Waals surface area contributed by atoms with Crippen LogP contribution in [-0.4, -0.2) is 79.6 Å². The number of unbranched alkanes of at least 4 members (excludes halogenated alkanes) is 28. The fraction of sp³-hybridized carbons (Fsp3) is 0.933. The number of rotatable bonds is 40. The number of aliphatic hydroxyl groups is 1. The minimum Gasteiger partial charge on any atom is -0.462 e. The number of nitrogens with one attached hydrogen (secondary N) is 1. The summed E-state index contributed by atoms with van der Waals surface area (Å²) < 4.78 is 16.5. The minimum absolute atomic E-state index is 0.0390. The molecule has 1 heterocycles. The fourth-order valence-corrected chi connectivity index (χ4v) is 7.26. The molecule has 318 valence electrons. The Balaban J connectivity index is 2.20. The predicted octanol–water partition coefficient (Wildman–Crippen LogP) is 11.4. The number of β-amino-alcohol motifs (C(OH)–C–C–N with tert-alkyl or cyclic N) is 1. The van der Waals surface area contributed by atoms with Gasteiger partial charge in [-0.15, -0.1) is 0 Å². The molecular formula is C45H86N2O7. The van der Waals surface area contributed by atoms with E-state index in [0.29, 0.717) is 32.5 Å². The molecule has 1 fully saturated rings. The summed E-state index contributed by atoms with van der Waals surface area (Å²) in [6.07, 6.45) is 37.2. The molecule has 1 atom stereocenters. The highest BCUT2D eigenvalue weighted by molar-refractivity contribution is 5.70. The lowest BCUT2D eigenvalue weighted by Gasteiger charge is -2.38. The molecule has 0 aliphatic carbocycles. The summed E-state index contributed by atoms with van der Waals surface area (Å²) in [6, 6.07) is -0.0390. The number of carbonyl (C=O) groups is 3. The molecular weight excluding hydrogens is 681 g/mol. The van der Waals surface area contributed by atoms with Gasteiger partial charge in [-0.05, 0) is 12.8 Å². The molecule has 9 nitrogen and oxygen atoms in total. The van der Waals surface area contributed by atoms with E-state index in [9.17, 15) is 14.4 Å². The second-order valence-electron chi connectivity index (χ2n) is 16.1. The summed E-state index contributed by atoms with van der Waals surface area (Å²) in [5.41, 5.74) is 0. The first-order valence-electron chi connectivity index (χ1n) is 23.1. The van der Waals surface area contributed by atoms with E-state index in [1.165, 1.54) is 154 Å². The third-order valence-corrected chi connectivity index (χ3v) is 10.8. The first-order chi connectivity index (χ1) is 26.5. The Morgan fingerprint density at radius 3 is 1.28 bits per heavy atom. The van der Waals surface area contributed by atoms with Gasteiger partial charge in [-0.3, -0.25) is 14.5 Å². The van der Waals surface area contributed by atoms with Crippen molar-refractivity contribution in [1.82, 2.24) is 10.2 Å². The van der Waals surface area contributed by atoms with Crippen LogP contribution in [-0.2, 0) is 23.8 Å². The van der Waals surface area contributed by atoms with Crippen LogP contribution in [0.15, 0.2) is 0 Å². The molecule has 1 saturated heterocycles. The fourth-order valence-electron chi connectivity index (χ4n) is 7.26. The van der Waals surface area contributed by atoms with E-state index in [1.54, 1.807) is 0 Å². The summed E-state index contributed by atoms with van der Waals surface area (Å²) in [7, 11) is 0. The standard InChI is InChI=1S/C45H86N2O7/c1-3-5-7-9-11-13-15-17-19-21-23-25-27-29-31-33-43(49)52-39-42(40-53-45(51)46-41-37-47(38-41)35-36-48)54-44(50)34-32-30-28-26-24-22-20-18-16-14-12-10-8-6-4-2/h41-42,48H,3-40H2,1-2H3,(H,46,51). The highest BCUT2D eigenvalue weighted by atomic mass is 16.6. The van der Waals surface area contributed by atoms with Gasteiger partial charge in [0, 0.05) is 32.5 Å². The topological polar surface area (TPSA) is 114 Å². The van der Waals surface area contributed by atoms with Crippen molar-refractivity contribution in [2.45, 2.75) is 231 Å². The van der Waals surface area contributed by atoms with Crippen LogP contribution in [0.5, 0.6) is 0 Å². The highest BCUT2D eigenvalue weighted by Gasteiger charge is 2.28. The van der Waals surface area contributed by atoms with E-state index < -0.39 is 12.2 Å². The van der Waals surface area contributed by atoms with E-state index in [0.717, 1.165) is 38.5 Å². The number of esters is 2. The zero-order chi connectivity index (χ0) is 39.2. The Kier molecular flexibility index (Phi) is 35.3. The van der Waals surface area contributed by atoms with E-state index >= 15 is 0 Å². The number of alkyl carbamates (subject to hydrolysis) is 1. The zero-order valence-electron chi connectivity index (χ0n) is 35.4. The smallest absolute Gasteiger partial charge is 0.407 e. The van der Waals surface area contributed by atoms with Crippen molar-refractivity contribution in [3.05, 3.63) is 0 Å². The molecule has 0 saturated carbocycles. The molecule has 1 amide bonds. The summed E-state index contributed by atoms with van der Waals surface area (Å²) in [5.74, 6) is -0.660. The number of nitrogens with zero attached hydrogens (tertiary/aromatic N) is 1. The third-order valence-electron chi connectivity index (χ3n) is 10.8. The molecule has 2 N–H and O–H groups in total.